The molecule has 5 rings (SSSR count). The number of nitrogens with zero attached hydrogens (tertiary/aromatic N) is 2. The lowest BCUT2D eigenvalue weighted by molar-refractivity contribution is -0.136. The number of hydrogen-bond donors (Lipinski definition) is 5. The van der Waals surface area contributed by atoms with Crippen LogP contribution in [0.5, 0.6) is 0 Å². The molecule has 10 nitrogen and oxygen atoms in total. The highest BCUT2D eigenvalue weighted by Crippen LogP contribution is 2.34. The van der Waals surface area contributed by atoms with Gasteiger partial charge in [0.2, 0.25) is 11.8 Å². The maximum absolute atomic E-state index is 12.9. The topological polar surface area (TPSA) is 118 Å². The summed E-state index contributed by atoms with van der Waals surface area (Å²) in [6, 6.07) is 0.992. The summed E-state index contributed by atoms with van der Waals surface area (Å²) in [4.78, 5) is 29.9. The summed E-state index contributed by atoms with van der Waals surface area (Å²) < 4.78 is 5.59. The molecule has 5 N–H and O–H groups in total. The van der Waals surface area contributed by atoms with Gasteiger partial charge in [-0.15, -0.1) is 0 Å². The first-order valence-corrected chi connectivity index (χ1v) is 15.2. The Morgan fingerprint density at radius 3 is 2.47 bits per heavy atom. The number of rotatable bonds is 7. The quantitative estimate of drug-likeness (QED) is 0.315. The number of ether oxygens (including phenoxy) is 1. The first-order chi connectivity index (χ1) is 18.4. The van der Waals surface area contributed by atoms with Crippen LogP contribution in [0, 0.1) is 17.8 Å². The summed E-state index contributed by atoms with van der Waals surface area (Å²) in [6.07, 6.45) is 9.56. The second-order valence-electron chi connectivity index (χ2n) is 12.5. The zero-order valence-corrected chi connectivity index (χ0v) is 23.4. The number of amides is 2. The van der Waals surface area contributed by atoms with E-state index in [2.05, 4.69) is 33.1 Å². The van der Waals surface area contributed by atoms with Crippen molar-refractivity contribution in [3.8, 4) is 0 Å². The average molecular weight is 535 g/mol. The predicted molar refractivity (Wildman–Crippen MR) is 145 cm³/mol. The van der Waals surface area contributed by atoms with Gasteiger partial charge in [-0.3, -0.25) is 30.4 Å². The Labute approximate surface area is 228 Å². The number of likely N-dealkylation sites (tertiary alicyclic amines) is 1. The number of piperidine rings is 1. The number of hydrogen-bond acceptors (Lipinski definition) is 8. The first-order valence-electron chi connectivity index (χ1n) is 15.2. The van der Waals surface area contributed by atoms with Gasteiger partial charge < -0.3 is 20.1 Å². The van der Waals surface area contributed by atoms with Crippen LogP contribution in [-0.2, 0) is 14.3 Å². The number of nitrogens with one attached hydrogen (secondary N) is 4. The van der Waals surface area contributed by atoms with Crippen LogP contribution in [-0.4, -0.2) is 110 Å². The molecule has 2 amide bonds. The highest BCUT2D eigenvalue weighted by atomic mass is 16.5. The Kier molecular flexibility index (Phi) is 9.59. The van der Waals surface area contributed by atoms with Gasteiger partial charge in [-0.25, -0.2) is 0 Å². The smallest absolute Gasteiger partial charge is 0.241 e. The highest BCUT2D eigenvalue weighted by molar-refractivity contribution is 5.86. The van der Waals surface area contributed by atoms with Crippen molar-refractivity contribution in [2.75, 3.05) is 46.4 Å². The van der Waals surface area contributed by atoms with Gasteiger partial charge in [0.05, 0.1) is 31.1 Å². The molecule has 5 fully saturated rings. The van der Waals surface area contributed by atoms with E-state index in [9.17, 15) is 14.7 Å². The van der Waals surface area contributed by atoms with Crippen molar-refractivity contribution in [1.29, 1.82) is 0 Å². The van der Waals surface area contributed by atoms with Crippen LogP contribution < -0.4 is 21.3 Å². The van der Waals surface area contributed by atoms with E-state index in [1.54, 1.807) is 4.90 Å². The fourth-order valence-electron chi connectivity index (χ4n) is 7.77. The summed E-state index contributed by atoms with van der Waals surface area (Å²) in [6.45, 7) is 6.52. The fourth-order valence-corrected chi connectivity index (χ4v) is 7.77. The van der Waals surface area contributed by atoms with E-state index in [0.717, 1.165) is 44.8 Å². The number of methoxy groups -OCH3 is 1. The Morgan fingerprint density at radius 1 is 1.00 bits per heavy atom. The standard InChI is InChI=1S/C28H50N6O4/c1-18-15-20(5-8-23(18)28(37)31-17-25(36)33-12-9-21(35)10-13-33)32-26-27-30-16-24(34(27)14-11-29-26)19-3-6-22(38-2)7-4-19/h18-24,26-27,29-30,32,35H,3-17H2,1-2H3,(H,31,37). The van der Waals surface area contributed by atoms with Gasteiger partial charge in [-0.2, -0.15) is 0 Å². The molecule has 3 aliphatic heterocycles. The molecule has 6 atom stereocenters. The summed E-state index contributed by atoms with van der Waals surface area (Å²) in [5.41, 5.74) is 0. The van der Waals surface area contributed by atoms with Crippen molar-refractivity contribution in [3.05, 3.63) is 0 Å². The SMILES string of the molecule is COC1CCC(C2CNC3C(NC4CCC(C(=O)NCC(=O)N5CCC(O)CC5)C(C)C4)NCCN23)CC1. The van der Waals surface area contributed by atoms with Gasteiger partial charge in [0.25, 0.3) is 0 Å². The predicted octanol–water partition coefficient (Wildman–Crippen LogP) is 0.215. The normalized spacial score (nSPS) is 39.1. The van der Waals surface area contributed by atoms with Gasteiger partial charge in [0.1, 0.15) is 0 Å². The van der Waals surface area contributed by atoms with E-state index < -0.39 is 0 Å². The zero-order chi connectivity index (χ0) is 26.6. The van der Waals surface area contributed by atoms with Crippen molar-refractivity contribution >= 4 is 11.8 Å². The number of carbonyl (C=O) groups excluding carboxylic acids is 2. The number of fused-ring (bicyclic) bond motifs is 1. The Bertz CT molecular complexity index is 800. The third-order valence-electron chi connectivity index (χ3n) is 10.1. The minimum absolute atomic E-state index is 0.00630. The van der Waals surface area contributed by atoms with Crippen LogP contribution in [0.25, 0.3) is 0 Å². The molecular formula is C28H50N6O4. The second-order valence-corrected chi connectivity index (χ2v) is 12.5. The molecule has 10 heteroatoms. The van der Waals surface area contributed by atoms with Gasteiger partial charge in [0.15, 0.2) is 0 Å². The molecule has 0 aromatic heterocycles. The van der Waals surface area contributed by atoms with Crippen molar-refractivity contribution in [2.45, 2.75) is 101 Å². The van der Waals surface area contributed by atoms with Gasteiger partial charge in [0, 0.05) is 57.8 Å². The van der Waals surface area contributed by atoms with Crippen LogP contribution in [0.1, 0.15) is 64.7 Å². The molecule has 0 bridgehead atoms. The summed E-state index contributed by atoms with van der Waals surface area (Å²) in [5.74, 6) is 0.930. The van der Waals surface area contributed by atoms with Gasteiger partial charge >= 0.3 is 0 Å². The van der Waals surface area contributed by atoms with Gasteiger partial charge in [-0.1, -0.05) is 6.92 Å². The molecule has 5 aliphatic rings. The summed E-state index contributed by atoms with van der Waals surface area (Å²) in [5, 5.41) is 24.0. The Morgan fingerprint density at radius 2 is 1.76 bits per heavy atom. The molecule has 0 aromatic carbocycles. The van der Waals surface area contributed by atoms with E-state index in [-0.39, 0.29) is 42.5 Å². The maximum atomic E-state index is 12.9. The number of piperazine rings is 1. The molecule has 0 radical (unpaired) electrons. The molecule has 0 aromatic rings. The van der Waals surface area contributed by atoms with Gasteiger partial charge in [-0.05, 0) is 69.6 Å². The Balaban J connectivity index is 1.06. The van der Waals surface area contributed by atoms with E-state index in [1.165, 1.54) is 25.7 Å². The zero-order valence-electron chi connectivity index (χ0n) is 23.4. The van der Waals surface area contributed by atoms with E-state index in [0.29, 0.717) is 50.3 Å². The van der Waals surface area contributed by atoms with Crippen molar-refractivity contribution < 1.29 is 19.4 Å². The molecule has 216 valence electrons. The third kappa shape index (κ3) is 6.53. The van der Waals surface area contributed by atoms with Crippen LogP contribution in [0.3, 0.4) is 0 Å². The molecule has 2 aliphatic carbocycles. The maximum Gasteiger partial charge on any atom is 0.241 e. The fraction of sp³-hybridized carbons (Fsp3) is 0.929. The second kappa shape index (κ2) is 12.9. The van der Waals surface area contributed by atoms with Crippen molar-refractivity contribution in [2.24, 2.45) is 17.8 Å². The van der Waals surface area contributed by atoms with E-state index >= 15 is 0 Å². The lowest BCUT2D eigenvalue weighted by Gasteiger charge is -2.45. The lowest BCUT2D eigenvalue weighted by atomic mass is 9.77. The minimum Gasteiger partial charge on any atom is -0.393 e. The van der Waals surface area contributed by atoms with Crippen LogP contribution >= 0.6 is 0 Å². The number of aliphatic hydroxyl groups is 1. The van der Waals surface area contributed by atoms with Crippen LogP contribution in [0.2, 0.25) is 0 Å². The van der Waals surface area contributed by atoms with Crippen LogP contribution in [0.4, 0.5) is 0 Å². The monoisotopic (exact) mass is 534 g/mol. The molecule has 3 heterocycles. The number of aliphatic hydroxyl groups excluding tert-OH is 1. The molecule has 0 spiro atoms. The third-order valence-corrected chi connectivity index (χ3v) is 10.1. The molecule has 2 saturated carbocycles. The largest absolute Gasteiger partial charge is 0.393 e. The van der Waals surface area contributed by atoms with Crippen molar-refractivity contribution in [3.63, 3.8) is 0 Å². The number of carbonyl (C=O) groups is 2. The minimum atomic E-state index is -0.308. The highest BCUT2D eigenvalue weighted by Gasteiger charge is 2.45. The molecule has 6 unspecified atom stereocenters. The molecule has 38 heavy (non-hydrogen) atoms. The van der Waals surface area contributed by atoms with Crippen molar-refractivity contribution in [1.82, 2.24) is 31.1 Å². The van der Waals surface area contributed by atoms with E-state index in [4.69, 9.17) is 4.74 Å². The lowest BCUT2D eigenvalue weighted by Crippen LogP contribution is -2.67. The average Bonchev–Trinajstić information content (AvgIpc) is 3.37. The first kappa shape index (κ1) is 28.2. The van der Waals surface area contributed by atoms with E-state index in [1.807, 2.05) is 7.11 Å². The Hall–Kier alpha value is -1.30. The summed E-state index contributed by atoms with van der Waals surface area (Å²) in [7, 11) is 1.84. The van der Waals surface area contributed by atoms with Crippen LogP contribution in [0.15, 0.2) is 0 Å². The molecular weight excluding hydrogens is 484 g/mol. The molecule has 3 saturated heterocycles. The summed E-state index contributed by atoms with van der Waals surface area (Å²) >= 11 is 0.